The van der Waals surface area contributed by atoms with Crippen molar-refractivity contribution in [1.29, 1.82) is 0 Å². The van der Waals surface area contributed by atoms with Gasteiger partial charge in [0.15, 0.2) is 0 Å². The number of hydrogen-bond donors (Lipinski definition) is 4. The molecule has 0 saturated heterocycles. The van der Waals surface area contributed by atoms with Crippen molar-refractivity contribution in [2.45, 2.75) is 13.1 Å². The molecule has 6 heteroatoms. The normalized spacial score (nSPS) is 11.3. The minimum atomic E-state index is -0.597. The topological polar surface area (TPSA) is 90.5 Å². The molecule has 0 radical (unpaired) electrons. The average Bonchev–Trinajstić information content (AvgIpc) is 2.14. The molecular weight excluding hydrogens is 186 g/mol. The molecular formula is C8H15N3O3. The first-order valence-electron chi connectivity index (χ1n) is 4.15. The maximum Gasteiger partial charge on any atom is 0.316 e. The zero-order valence-corrected chi connectivity index (χ0v) is 8.04. The highest BCUT2D eigenvalue weighted by Crippen LogP contribution is 1.76. The van der Waals surface area contributed by atoms with Gasteiger partial charge in [0.05, 0.1) is 0 Å². The number of rotatable bonds is 5. The number of hydrogen-bond acceptors (Lipinski definition) is 3. The summed E-state index contributed by atoms with van der Waals surface area (Å²) in [6, 6.07) is -0.407. The third kappa shape index (κ3) is 6.01. The van der Waals surface area contributed by atoms with Crippen LogP contribution in [0.3, 0.4) is 0 Å². The number of carbonyl (C=O) groups excluding carboxylic acids is 2. The van der Waals surface area contributed by atoms with E-state index >= 15 is 0 Å². The fraction of sp³-hybridized carbons (Fsp3) is 0.500. The quantitative estimate of drug-likeness (QED) is 0.337. The van der Waals surface area contributed by atoms with E-state index in [-0.39, 0.29) is 0 Å². The summed E-state index contributed by atoms with van der Waals surface area (Å²) >= 11 is 0. The fourth-order valence-electron chi connectivity index (χ4n) is 0.736. The molecule has 0 aromatic rings. The minimum absolute atomic E-state index is 0.354. The Labute approximate surface area is 82.4 Å². The second kappa shape index (κ2) is 6.90. The number of aliphatic hydroxyl groups is 1. The number of amides is 3. The Kier molecular flexibility index (Phi) is 6.13. The lowest BCUT2D eigenvalue weighted by atomic mass is 10.5. The first kappa shape index (κ1) is 12.4. The van der Waals surface area contributed by atoms with Crippen LogP contribution in [0.4, 0.5) is 4.79 Å². The molecule has 0 aromatic heterocycles. The average molecular weight is 201 g/mol. The molecule has 0 spiro atoms. The van der Waals surface area contributed by atoms with Crippen LogP contribution >= 0.6 is 0 Å². The molecule has 0 saturated carbocycles. The van der Waals surface area contributed by atoms with Gasteiger partial charge in [0.2, 0.25) is 5.91 Å². The summed E-state index contributed by atoms with van der Waals surface area (Å²) in [5.74, 6) is -0.540. The van der Waals surface area contributed by atoms with Crippen LogP contribution in [0.2, 0.25) is 0 Å². The minimum Gasteiger partial charge on any atom is -0.387 e. The molecule has 1 unspecified atom stereocenters. The first-order chi connectivity index (χ1) is 6.60. The van der Waals surface area contributed by atoms with Crippen molar-refractivity contribution in [3.63, 3.8) is 0 Å². The Morgan fingerprint density at radius 2 is 2.14 bits per heavy atom. The van der Waals surface area contributed by atoms with E-state index in [9.17, 15) is 9.59 Å². The van der Waals surface area contributed by atoms with Crippen molar-refractivity contribution in [2.24, 2.45) is 0 Å². The van der Waals surface area contributed by atoms with Crippen LogP contribution in [-0.2, 0) is 4.79 Å². The van der Waals surface area contributed by atoms with E-state index in [1.807, 2.05) is 0 Å². The van der Waals surface area contributed by atoms with Gasteiger partial charge in [0.25, 0.3) is 0 Å². The smallest absolute Gasteiger partial charge is 0.316 e. The van der Waals surface area contributed by atoms with Crippen molar-refractivity contribution < 1.29 is 14.7 Å². The Morgan fingerprint density at radius 1 is 1.50 bits per heavy atom. The highest BCUT2D eigenvalue weighted by Gasteiger charge is 2.07. The van der Waals surface area contributed by atoms with E-state index in [1.54, 1.807) is 6.92 Å². The van der Waals surface area contributed by atoms with E-state index in [2.05, 4.69) is 22.5 Å². The van der Waals surface area contributed by atoms with Gasteiger partial charge < -0.3 is 21.1 Å². The van der Waals surface area contributed by atoms with Crippen LogP contribution in [0.5, 0.6) is 0 Å². The van der Waals surface area contributed by atoms with Crippen molar-refractivity contribution in [3.8, 4) is 0 Å². The maximum atomic E-state index is 11.0. The molecule has 0 aliphatic carbocycles. The standard InChI is InChI=1S/C8H15N3O3/c1-3-4-9-8(14)11-6(2)10-7(13)5-12/h3,6,12H,1,4-5H2,2H3,(H,10,13)(H2,9,11,14). The van der Waals surface area contributed by atoms with E-state index < -0.39 is 24.7 Å². The van der Waals surface area contributed by atoms with Crippen molar-refractivity contribution >= 4 is 11.9 Å². The zero-order chi connectivity index (χ0) is 11.0. The molecule has 0 bridgehead atoms. The lowest BCUT2D eigenvalue weighted by molar-refractivity contribution is -0.124. The number of carbonyl (C=O) groups is 2. The van der Waals surface area contributed by atoms with Gasteiger partial charge in [-0.25, -0.2) is 4.79 Å². The number of aliphatic hydroxyl groups excluding tert-OH is 1. The van der Waals surface area contributed by atoms with Gasteiger partial charge in [0, 0.05) is 6.54 Å². The monoisotopic (exact) mass is 201 g/mol. The van der Waals surface area contributed by atoms with Crippen molar-refractivity contribution in [3.05, 3.63) is 12.7 Å². The summed E-state index contributed by atoms with van der Waals surface area (Å²) in [7, 11) is 0. The molecule has 6 nitrogen and oxygen atoms in total. The van der Waals surface area contributed by atoms with Gasteiger partial charge in [-0.2, -0.15) is 0 Å². The van der Waals surface area contributed by atoms with Gasteiger partial charge in [-0.15, -0.1) is 6.58 Å². The van der Waals surface area contributed by atoms with Gasteiger partial charge >= 0.3 is 6.03 Å². The molecule has 3 amide bonds. The molecule has 4 N–H and O–H groups in total. The predicted octanol–water partition coefficient (Wildman–Crippen LogP) is -1.07. The predicted molar refractivity (Wildman–Crippen MR) is 51.4 cm³/mol. The highest BCUT2D eigenvalue weighted by atomic mass is 16.3. The van der Waals surface area contributed by atoms with Crippen LogP contribution in [0, 0.1) is 0 Å². The van der Waals surface area contributed by atoms with Gasteiger partial charge in [-0.1, -0.05) is 6.08 Å². The van der Waals surface area contributed by atoms with Crippen LogP contribution in [0.15, 0.2) is 12.7 Å². The largest absolute Gasteiger partial charge is 0.387 e. The third-order valence-electron chi connectivity index (χ3n) is 1.28. The van der Waals surface area contributed by atoms with Crippen LogP contribution < -0.4 is 16.0 Å². The summed E-state index contributed by atoms with van der Waals surface area (Å²) in [6.07, 6.45) is 1.01. The van der Waals surface area contributed by atoms with Crippen LogP contribution in [-0.4, -0.2) is 36.4 Å². The fourth-order valence-corrected chi connectivity index (χ4v) is 0.736. The molecule has 0 aromatic carbocycles. The zero-order valence-electron chi connectivity index (χ0n) is 8.04. The molecule has 0 heterocycles. The second-order valence-corrected chi connectivity index (χ2v) is 2.59. The molecule has 80 valence electrons. The molecule has 0 aliphatic heterocycles. The second-order valence-electron chi connectivity index (χ2n) is 2.59. The summed E-state index contributed by atoms with van der Waals surface area (Å²) in [4.78, 5) is 21.7. The molecule has 0 aliphatic rings. The summed E-state index contributed by atoms with van der Waals surface area (Å²) in [6.45, 7) is 4.77. The van der Waals surface area contributed by atoms with Gasteiger partial charge in [-0.05, 0) is 6.92 Å². The molecule has 0 fully saturated rings. The Balaban J connectivity index is 3.70. The van der Waals surface area contributed by atoms with Crippen LogP contribution in [0.25, 0.3) is 0 Å². The lowest BCUT2D eigenvalue weighted by Gasteiger charge is -2.14. The van der Waals surface area contributed by atoms with Gasteiger partial charge in [-0.3, -0.25) is 4.79 Å². The van der Waals surface area contributed by atoms with E-state index in [1.165, 1.54) is 6.08 Å². The summed E-state index contributed by atoms with van der Waals surface area (Å²) in [5.41, 5.74) is 0. The van der Waals surface area contributed by atoms with Crippen molar-refractivity contribution in [2.75, 3.05) is 13.2 Å². The van der Waals surface area contributed by atoms with Gasteiger partial charge in [0.1, 0.15) is 12.8 Å². The number of urea groups is 1. The summed E-state index contributed by atoms with van der Waals surface area (Å²) < 4.78 is 0. The molecule has 1 atom stereocenters. The molecule has 14 heavy (non-hydrogen) atoms. The van der Waals surface area contributed by atoms with Crippen molar-refractivity contribution in [1.82, 2.24) is 16.0 Å². The first-order valence-corrected chi connectivity index (χ1v) is 4.15. The van der Waals surface area contributed by atoms with E-state index in [0.717, 1.165) is 0 Å². The SMILES string of the molecule is C=CCNC(=O)NC(C)NC(=O)CO. The lowest BCUT2D eigenvalue weighted by Crippen LogP contribution is -2.50. The number of nitrogens with one attached hydrogen (secondary N) is 3. The Bertz CT molecular complexity index is 218. The van der Waals surface area contributed by atoms with Crippen LogP contribution in [0.1, 0.15) is 6.92 Å². The maximum absolute atomic E-state index is 11.0. The third-order valence-corrected chi connectivity index (χ3v) is 1.28. The summed E-state index contributed by atoms with van der Waals surface area (Å²) in [5, 5.41) is 15.7. The van der Waals surface area contributed by atoms with E-state index in [0.29, 0.717) is 6.54 Å². The van der Waals surface area contributed by atoms with E-state index in [4.69, 9.17) is 5.11 Å². The highest BCUT2D eigenvalue weighted by molar-refractivity contribution is 5.78. The Morgan fingerprint density at radius 3 is 2.64 bits per heavy atom. The Hall–Kier alpha value is -1.56. The molecule has 0 rings (SSSR count).